The second-order valence-electron chi connectivity index (χ2n) is 3.26. The van der Waals surface area contributed by atoms with Gasteiger partial charge in [0.25, 0.3) is 0 Å². The number of nitrogens with one attached hydrogen (secondary N) is 1. The Bertz CT molecular complexity index is 335. The lowest BCUT2D eigenvalue weighted by Gasteiger charge is -2.26. The SMILES string of the molecule is O=C([O-])C1CNc2ccccc2C1. The molecular formula is C10H10NO2-. The molecule has 1 atom stereocenters. The van der Waals surface area contributed by atoms with Gasteiger partial charge in [-0.2, -0.15) is 0 Å². The van der Waals surface area contributed by atoms with Crippen LogP contribution in [0.4, 0.5) is 5.69 Å². The lowest BCUT2D eigenvalue weighted by Crippen LogP contribution is -2.39. The van der Waals surface area contributed by atoms with Gasteiger partial charge >= 0.3 is 0 Å². The molecule has 0 spiro atoms. The third-order valence-electron chi connectivity index (χ3n) is 2.36. The summed E-state index contributed by atoms with van der Waals surface area (Å²) >= 11 is 0. The fourth-order valence-electron chi connectivity index (χ4n) is 1.61. The van der Waals surface area contributed by atoms with Crippen molar-refractivity contribution >= 4 is 11.7 Å². The summed E-state index contributed by atoms with van der Waals surface area (Å²) in [5.41, 5.74) is 2.10. The van der Waals surface area contributed by atoms with Crippen LogP contribution in [0.15, 0.2) is 24.3 Å². The first-order valence-corrected chi connectivity index (χ1v) is 4.30. The van der Waals surface area contributed by atoms with Gasteiger partial charge in [-0.15, -0.1) is 0 Å². The average Bonchev–Trinajstić information content (AvgIpc) is 2.17. The van der Waals surface area contributed by atoms with Crippen LogP contribution in [0.25, 0.3) is 0 Å². The van der Waals surface area contributed by atoms with E-state index in [2.05, 4.69) is 5.32 Å². The molecule has 1 unspecified atom stereocenters. The normalized spacial score (nSPS) is 20.2. The molecule has 1 N–H and O–H groups in total. The standard InChI is InChI=1S/C10H11NO2/c12-10(13)8-5-7-3-1-2-4-9(7)11-6-8/h1-4,8,11H,5-6H2,(H,12,13)/p-1. The number of anilines is 1. The molecule has 0 saturated heterocycles. The number of carbonyl (C=O) groups excluding carboxylic acids is 1. The van der Waals surface area contributed by atoms with E-state index in [9.17, 15) is 9.90 Å². The summed E-state index contributed by atoms with van der Waals surface area (Å²) in [6, 6.07) is 7.75. The average molecular weight is 176 g/mol. The Kier molecular flexibility index (Phi) is 1.93. The molecule has 68 valence electrons. The lowest BCUT2D eigenvalue weighted by atomic mass is 9.94. The Morgan fingerprint density at radius 2 is 2.23 bits per heavy atom. The van der Waals surface area contributed by atoms with Gasteiger partial charge in [0.15, 0.2) is 0 Å². The fourth-order valence-corrected chi connectivity index (χ4v) is 1.61. The minimum absolute atomic E-state index is 0.394. The van der Waals surface area contributed by atoms with Crippen molar-refractivity contribution in [2.75, 3.05) is 11.9 Å². The topological polar surface area (TPSA) is 52.2 Å². The smallest absolute Gasteiger partial charge is 0.0466 e. The number of carbonyl (C=O) groups is 1. The molecule has 0 aromatic heterocycles. The summed E-state index contributed by atoms with van der Waals surface area (Å²) < 4.78 is 0. The van der Waals surface area contributed by atoms with Gasteiger partial charge in [-0.25, -0.2) is 0 Å². The Morgan fingerprint density at radius 1 is 1.46 bits per heavy atom. The Balaban J connectivity index is 2.24. The van der Waals surface area contributed by atoms with Crippen LogP contribution in [-0.2, 0) is 11.2 Å². The number of rotatable bonds is 1. The van der Waals surface area contributed by atoms with Crippen molar-refractivity contribution in [1.29, 1.82) is 0 Å². The minimum atomic E-state index is -0.970. The van der Waals surface area contributed by atoms with Crippen LogP contribution in [0.2, 0.25) is 0 Å². The van der Waals surface area contributed by atoms with Crippen LogP contribution in [0.1, 0.15) is 5.56 Å². The molecule has 3 heteroatoms. The first-order valence-electron chi connectivity index (χ1n) is 4.30. The van der Waals surface area contributed by atoms with Crippen molar-refractivity contribution in [2.45, 2.75) is 6.42 Å². The molecule has 0 fully saturated rings. The molecule has 1 aliphatic rings. The van der Waals surface area contributed by atoms with E-state index in [4.69, 9.17) is 0 Å². The molecule has 0 saturated carbocycles. The largest absolute Gasteiger partial charge is 0.550 e. The van der Waals surface area contributed by atoms with E-state index < -0.39 is 11.9 Å². The van der Waals surface area contributed by atoms with Crippen molar-refractivity contribution in [3.8, 4) is 0 Å². The highest BCUT2D eigenvalue weighted by atomic mass is 16.4. The van der Waals surface area contributed by atoms with E-state index in [1.54, 1.807) is 0 Å². The first-order chi connectivity index (χ1) is 6.27. The van der Waals surface area contributed by atoms with Crippen LogP contribution in [0, 0.1) is 5.92 Å². The van der Waals surface area contributed by atoms with Crippen molar-refractivity contribution in [1.82, 2.24) is 0 Å². The summed E-state index contributed by atoms with van der Waals surface area (Å²) in [7, 11) is 0. The predicted molar refractivity (Wildman–Crippen MR) is 47.1 cm³/mol. The fraction of sp³-hybridized carbons (Fsp3) is 0.300. The maximum absolute atomic E-state index is 10.6. The monoisotopic (exact) mass is 176 g/mol. The van der Waals surface area contributed by atoms with E-state index in [-0.39, 0.29) is 0 Å². The third kappa shape index (κ3) is 1.49. The zero-order valence-corrected chi connectivity index (χ0v) is 7.12. The van der Waals surface area contributed by atoms with Gasteiger partial charge in [0.1, 0.15) is 0 Å². The number of carboxylic acids is 1. The third-order valence-corrected chi connectivity index (χ3v) is 2.36. The maximum atomic E-state index is 10.6. The molecule has 0 amide bonds. The summed E-state index contributed by atoms with van der Waals surface area (Å²) in [6.07, 6.45) is 0.575. The van der Waals surface area contributed by atoms with Gasteiger partial charge in [0.2, 0.25) is 0 Å². The van der Waals surface area contributed by atoms with Crippen LogP contribution in [-0.4, -0.2) is 12.5 Å². The number of aliphatic carboxylic acids is 1. The highest BCUT2D eigenvalue weighted by Crippen LogP contribution is 2.23. The zero-order chi connectivity index (χ0) is 9.26. The van der Waals surface area contributed by atoms with Gasteiger partial charge in [0.05, 0.1) is 0 Å². The number of fused-ring (bicyclic) bond motifs is 1. The van der Waals surface area contributed by atoms with E-state index in [0.29, 0.717) is 13.0 Å². The minimum Gasteiger partial charge on any atom is -0.550 e. The highest BCUT2D eigenvalue weighted by Gasteiger charge is 2.17. The van der Waals surface area contributed by atoms with Crippen LogP contribution >= 0.6 is 0 Å². The van der Waals surface area contributed by atoms with E-state index in [0.717, 1.165) is 11.3 Å². The van der Waals surface area contributed by atoms with Crippen molar-refractivity contribution in [2.24, 2.45) is 5.92 Å². The number of para-hydroxylation sites is 1. The van der Waals surface area contributed by atoms with Crippen molar-refractivity contribution in [3.05, 3.63) is 29.8 Å². The maximum Gasteiger partial charge on any atom is 0.0466 e. The molecule has 13 heavy (non-hydrogen) atoms. The van der Waals surface area contributed by atoms with Gasteiger partial charge in [-0.05, 0) is 18.1 Å². The Labute approximate surface area is 76.4 Å². The van der Waals surface area contributed by atoms with Crippen molar-refractivity contribution < 1.29 is 9.90 Å². The molecule has 0 radical (unpaired) electrons. The molecular weight excluding hydrogens is 166 g/mol. The summed E-state index contributed by atoms with van der Waals surface area (Å²) in [6.45, 7) is 0.472. The summed E-state index contributed by atoms with van der Waals surface area (Å²) in [5.74, 6) is -1.36. The first kappa shape index (κ1) is 8.10. The van der Waals surface area contributed by atoms with Crippen LogP contribution in [0.5, 0.6) is 0 Å². The molecule has 3 nitrogen and oxygen atoms in total. The quantitative estimate of drug-likeness (QED) is 0.656. The van der Waals surface area contributed by atoms with Crippen LogP contribution in [0.3, 0.4) is 0 Å². The number of hydrogen-bond donors (Lipinski definition) is 1. The molecule has 2 rings (SSSR count). The molecule has 0 aliphatic carbocycles. The molecule has 1 aromatic carbocycles. The second kappa shape index (κ2) is 3.09. The zero-order valence-electron chi connectivity index (χ0n) is 7.12. The molecule has 1 heterocycles. The van der Waals surface area contributed by atoms with Crippen molar-refractivity contribution in [3.63, 3.8) is 0 Å². The Hall–Kier alpha value is -1.51. The number of carboxylic acid groups (broad SMARTS) is 1. The summed E-state index contributed by atoms with van der Waals surface area (Å²) in [4.78, 5) is 10.6. The number of benzene rings is 1. The van der Waals surface area contributed by atoms with Gasteiger partial charge in [-0.1, -0.05) is 18.2 Å². The second-order valence-corrected chi connectivity index (χ2v) is 3.26. The predicted octanol–water partition coefficient (Wildman–Crippen LogP) is 0.0207. The van der Waals surface area contributed by atoms with Gasteiger partial charge in [0, 0.05) is 24.1 Å². The van der Waals surface area contributed by atoms with E-state index >= 15 is 0 Å². The van der Waals surface area contributed by atoms with E-state index in [1.165, 1.54) is 0 Å². The van der Waals surface area contributed by atoms with Gasteiger partial charge < -0.3 is 15.2 Å². The Morgan fingerprint density at radius 3 is 3.00 bits per heavy atom. The molecule has 0 bridgehead atoms. The van der Waals surface area contributed by atoms with Crippen LogP contribution < -0.4 is 10.4 Å². The summed E-state index contributed by atoms with van der Waals surface area (Å²) in [5, 5.41) is 13.7. The van der Waals surface area contributed by atoms with Gasteiger partial charge in [-0.3, -0.25) is 0 Å². The number of hydrogen-bond acceptors (Lipinski definition) is 3. The highest BCUT2D eigenvalue weighted by molar-refractivity contribution is 5.71. The van der Waals surface area contributed by atoms with E-state index in [1.807, 2.05) is 24.3 Å². The molecule has 1 aliphatic heterocycles. The molecule has 1 aromatic rings. The lowest BCUT2D eigenvalue weighted by molar-refractivity contribution is -0.311.